The van der Waals surface area contributed by atoms with E-state index in [1.807, 2.05) is 22.8 Å². The van der Waals surface area contributed by atoms with Crippen molar-refractivity contribution in [1.82, 2.24) is 4.98 Å². The van der Waals surface area contributed by atoms with Crippen molar-refractivity contribution in [3.8, 4) is 0 Å². The van der Waals surface area contributed by atoms with Gasteiger partial charge in [0.15, 0.2) is 6.04 Å². The first-order valence-electron chi connectivity index (χ1n) is 10.3. The van der Waals surface area contributed by atoms with Crippen LogP contribution in [0, 0.1) is 0 Å². The second kappa shape index (κ2) is 7.37. The number of hydrogen-bond acceptors (Lipinski definition) is 2. The number of quaternary nitrogens is 2. The molecule has 1 aromatic heterocycles. The Balaban J connectivity index is 1.21. The van der Waals surface area contributed by atoms with E-state index in [-0.39, 0.29) is 5.69 Å². The Bertz CT molecular complexity index is 1020. The van der Waals surface area contributed by atoms with E-state index in [0.717, 1.165) is 36.4 Å². The highest BCUT2D eigenvalue weighted by molar-refractivity contribution is 5.87. The lowest BCUT2D eigenvalue weighted by Gasteiger charge is -2.30. The molecule has 0 spiro atoms. The molecule has 1 fully saturated rings. The van der Waals surface area contributed by atoms with Crippen molar-refractivity contribution in [1.29, 1.82) is 0 Å². The van der Waals surface area contributed by atoms with Crippen LogP contribution in [0.15, 0.2) is 59.4 Å². The van der Waals surface area contributed by atoms with Gasteiger partial charge in [-0.3, -0.25) is 5.32 Å². The minimum absolute atomic E-state index is 0.0178. The third-order valence-electron chi connectivity index (χ3n) is 6.18. The van der Waals surface area contributed by atoms with Crippen molar-refractivity contribution in [2.24, 2.45) is 0 Å². The van der Waals surface area contributed by atoms with Crippen molar-refractivity contribution >= 4 is 16.7 Å². The van der Waals surface area contributed by atoms with Crippen LogP contribution in [-0.2, 0) is 13.1 Å². The molecule has 3 heterocycles. The van der Waals surface area contributed by atoms with Crippen LogP contribution in [0.4, 0.5) is 5.82 Å². The summed E-state index contributed by atoms with van der Waals surface area (Å²) in [5.74, 6) is 0.970. The van der Waals surface area contributed by atoms with Gasteiger partial charge in [-0.1, -0.05) is 42.5 Å². The average Bonchev–Trinajstić information content (AvgIpc) is 3.15. The second-order valence-corrected chi connectivity index (χ2v) is 8.14. The van der Waals surface area contributed by atoms with Crippen LogP contribution >= 0.6 is 0 Å². The van der Waals surface area contributed by atoms with E-state index >= 15 is 0 Å². The second-order valence-electron chi connectivity index (χ2n) is 8.14. The van der Waals surface area contributed by atoms with Gasteiger partial charge in [0, 0.05) is 5.56 Å². The van der Waals surface area contributed by atoms with Crippen LogP contribution in [0.25, 0.3) is 10.9 Å². The fourth-order valence-electron chi connectivity index (χ4n) is 4.70. The number of nitrogens with zero attached hydrogens (tertiary/aromatic N) is 1. The molecule has 5 rings (SSSR count). The Morgan fingerprint density at radius 3 is 2.46 bits per heavy atom. The molecule has 6 heteroatoms. The van der Waals surface area contributed by atoms with E-state index < -0.39 is 0 Å². The molecule has 0 amide bonds. The zero-order chi connectivity index (χ0) is 18.9. The molecular weight excluding hydrogens is 350 g/mol. The Kier molecular flexibility index (Phi) is 4.58. The third-order valence-corrected chi connectivity index (χ3v) is 6.18. The summed E-state index contributed by atoms with van der Waals surface area (Å²) in [7, 11) is 0. The Morgan fingerprint density at radius 2 is 1.64 bits per heavy atom. The van der Waals surface area contributed by atoms with E-state index in [0.29, 0.717) is 6.04 Å². The van der Waals surface area contributed by atoms with Crippen molar-refractivity contribution < 1.29 is 14.4 Å². The highest BCUT2D eigenvalue weighted by atomic mass is 16.1. The normalized spacial score (nSPS) is 24.1. The van der Waals surface area contributed by atoms with Gasteiger partial charge in [0.2, 0.25) is 5.82 Å². The van der Waals surface area contributed by atoms with Crippen LogP contribution in [-0.4, -0.2) is 43.7 Å². The topological polar surface area (TPSA) is 57.6 Å². The molecule has 6 nitrogen and oxygen atoms in total. The number of anilines is 1. The molecule has 0 bridgehead atoms. The fraction of sp³-hybridized carbons (Fsp3) is 0.364. The molecular formula is C22H28N5O+3. The first-order chi connectivity index (χ1) is 13.8. The SMILES string of the molecule is O=c1[nH]c2ccccc2c2[n+]1C[C@@H](C[NH+]1CC[NH+](Cc3ccccc3)CC1)N2. The van der Waals surface area contributed by atoms with Gasteiger partial charge in [0.1, 0.15) is 51.3 Å². The predicted octanol–water partition coefficient (Wildman–Crippen LogP) is -1.41. The highest BCUT2D eigenvalue weighted by Gasteiger charge is 2.34. The van der Waals surface area contributed by atoms with Gasteiger partial charge >= 0.3 is 5.69 Å². The third kappa shape index (κ3) is 3.41. The van der Waals surface area contributed by atoms with Gasteiger partial charge in [-0.25, -0.2) is 9.78 Å². The number of para-hydroxylation sites is 1. The van der Waals surface area contributed by atoms with E-state index in [9.17, 15) is 4.79 Å². The van der Waals surface area contributed by atoms with Crippen molar-refractivity contribution in [3.05, 3.63) is 70.6 Å². The number of rotatable bonds is 4. The average molecular weight is 379 g/mol. The summed E-state index contributed by atoms with van der Waals surface area (Å²) >= 11 is 0. The monoisotopic (exact) mass is 378 g/mol. The minimum Gasteiger partial charge on any atom is -0.323 e. The lowest BCUT2D eigenvalue weighted by atomic mass is 10.2. The number of H-pyrrole nitrogens is 1. The van der Waals surface area contributed by atoms with Crippen LogP contribution < -0.4 is 25.4 Å². The number of piperazine rings is 1. The largest absolute Gasteiger partial charge is 0.441 e. The number of fused-ring (bicyclic) bond motifs is 3. The molecule has 3 aromatic rings. The van der Waals surface area contributed by atoms with Gasteiger partial charge < -0.3 is 9.80 Å². The summed E-state index contributed by atoms with van der Waals surface area (Å²) in [4.78, 5) is 18.8. The summed E-state index contributed by atoms with van der Waals surface area (Å²) in [6, 6.07) is 19.1. The van der Waals surface area contributed by atoms with Crippen molar-refractivity contribution in [2.45, 2.75) is 19.1 Å². The van der Waals surface area contributed by atoms with Crippen LogP contribution in [0.3, 0.4) is 0 Å². The Morgan fingerprint density at radius 1 is 0.929 bits per heavy atom. The van der Waals surface area contributed by atoms with Gasteiger partial charge in [-0.2, -0.15) is 4.57 Å². The molecule has 2 aliphatic heterocycles. The van der Waals surface area contributed by atoms with Gasteiger partial charge in [-0.05, 0) is 12.1 Å². The smallest absolute Gasteiger partial charge is 0.323 e. The maximum absolute atomic E-state index is 12.4. The standard InChI is InChI=1S/C22H25N5O/c28-22-24-20-9-5-4-8-19(20)21-23-18(16-27(21)22)15-26-12-10-25(11-13-26)14-17-6-2-1-3-7-17/h1-9,18H,10-16H2,(H,23,24,28)/p+3/t18-/m1/s1. The first kappa shape index (κ1) is 17.4. The maximum Gasteiger partial charge on any atom is 0.441 e. The summed E-state index contributed by atoms with van der Waals surface area (Å²) in [5, 5.41) is 4.73. The fourth-order valence-corrected chi connectivity index (χ4v) is 4.70. The molecule has 1 saturated heterocycles. The summed E-state index contributed by atoms with van der Waals surface area (Å²) in [5.41, 5.74) is 2.31. The van der Waals surface area contributed by atoms with Gasteiger partial charge in [0.05, 0.1) is 5.39 Å². The molecule has 2 aliphatic rings. The summed E-state index contributed by atoms with van der Waals surface area (Å²) in [6.07, 6.45) is 0. The number of hydrogen-bond donors (Lipinski definition) is 4. The first-order valence-corrected chi connectivity index (χ1v) is 10.3. The zero-order valence-electron chi connectivity index (χ0n) is 16.1. The molecule has 0 radical (unpaired) electrons. The molecule has 0 unspecified atom stereocenters. The number of aromatic nitrogens is 2. The van der Waals surface area contributed by atoms with Gasteiger partial charge in [-0.15, -0.1) is 0 Å². The number of benzene rings is 2. The highest BCUT2D eigenvalue weighted by Crippen LogP contribution is 2.19. The van der Waals surface area contributed by atoms with Crippen LogP contribution in [0.5, 0.6) is 0 Å². The quantitative estimate of drug-likeness (QED) is 0.422. The molecule has 2 aromatic carbocycles. The van der Waals surface area contributed by atoms with Crippen LogP contribution in [0.2, 0.25) is 0 Å². The van der Waals surface area contributed by atoms with Crippen molar-refractivity contribution in [2.75, 3.05) is 38.0 Å². The molecule has 0 aliphatic carbocycles. The number of nitrogens with one attached hydrogen (secondary N) is 4. The van der Waals surface area contributed by atoms with E-state index in [2.05, 4.69) is 46.7 Å². The minimum atomic E-state index is -0.0178. The maximum atomic E-state index is 12.4. The summed E-state index contributed by atoms with van der Waals surface area (Å²) in [6.45, 7) is 7.74. The Labute approximate surface area is 164 Å². The van der Waals surface area contributed by atoms with E-state index in [1.54, 1.807) is 9.80 Å². The lowest BCUT2D eigenvalue weighted by Crippen LogP contribution is -3.28. The Hall–Kier alpha value is -2.70. The molecule has 144 valence electrons. The summed E-state index contributed by atoms with van der Waals surface area (Å²) < 4.78 is 1.86. The molecule has 1 atom stereocenters. The van der Waals surface area contributed by atoms with E-state index in [1.165, 1.54) is 31.7 Å². The number of aromatic amines is 1. The lowest BCUT2D eigenvalue weighted by molar-refractivity contribution is -1.02. The van der Waals surface area contributed by atoms with Crippen molar-refractivity contribution in [3.63, 3.8) is 0 Å². The van der Waals surface area contributed by atoms with Crippen LogP contribution in [0.1, 0.15) is 5.56 Å². The zero-order valence-corrected chi connectivity index (χ0v) is 16.1. The molecule has 4 N–H and O–H groups in total. The predicted molar refractivity (Wildman–Crippen MR) is 109 cm³/mol. The van der Waals surface area contributed by atoms with E-state index in [4.69, 9.17) is 0 Å². The van der Waals surface area contributed by atoms with Gasteiger partial charge in [0.25, 0.3) is 0 Å². The molecule has 0 saturated carbocycles. The molecule has 28 heavy (non-hydrogen) atoms.